The largest absolute Gasteiger partial charge is 0.425 e. The molecule has 1 aliphatic heterocycles. The summed E-state index contributed by atoms with van der Waals surface area (Å²) < 4.78 is 43.8. The van der Waals surface area contributed by atoms with Gasteiger partial charge in [-0.1, -0.05) is 13.8 Å². The molecular formula is C15H23F3N4O2. The number of carbonyl (C=O) groups is 1. The maximum absolute atomic E-state index is 12.8. The Labute approximate surface area is 138 Å². The fourth-order valence-corrected chi connectivity index (χ4v) is 2.80. The van der Waals surface area contributed by atoms with E-state index in [1.54, 1.807) is 0 Å². The van der Waals surface area contributed by atoms with Gasteiger partial charge in [0.25, 0.3) is 0 Å². The number of aryl methyl sites for hydroxylation is 1. The van der Waals surface area contributed by atoms with Crippen LogP contribution in [0.1, 0.15) is 50.8 Å². The summed E-state index contributed by atoms with van der Waals surface area (Å²) in [5, 5.41) is 10.5. The number of alkyl halides is 3. The second-order valence-electron chi connectivity index (χ2n) is 6.53. The summed E-state index contributed by atoms with van der Waals surface area (Å²) in [5.41, 5.74) is 0. The number of hydrogen-bond donors (Lipinski definition) is 1. The average molecular weight is 348 g/mol. The van der Waals surface area contributed by atoms with Crippen molar-refractivity contribution < 1.29 is 22.4 Å². The van der Waals surface area contributed by atoms with E-state index in [1.807, 2.05) is 13.8 Å². The van der Waals surface area contributed by atoms with Gasteiger partial charge in [-0.25, -0.2) is 0 Å². The summed E-state index contributed by atoms with van der Waals surface area (Å²) >= 11 is 0. The van der Waals surface area contributed by atoms with Gasteiger partial charge in [-0.05, 0) is 19.9 Å². The number of nitrogens with zero attached hydrogens (tertiary/aromatic N) is 3. The molecule has 0 radical (unpaired) electrons. The van der Waals surface area contributed by atoms with Gasteiger partial charge in [0.1, 0.15) is 6.04 Å². The summed E-state index contributed by atoms with van der Waals surface area (Å²) in [7, 11) is 1.43. The summed E-state index contributed by atoms with van der Waals surface area (Å²) in [4.78, 5) is 13.2. The molecule has 1 aromatic heterocycles. The molecule has 136 valence electrons. The van der Waals surface area contributed by atoms with Crippen molar-refractivity contribution in [3.05, 3.63) is 11.8 Å². The van der Waals surface area contributed by atoms with Crippen molar-refractivity contribution in [2.24, 2.45) is 0 Å². The molecule has 0 unspecified atom stereocenters. The molecule has 2 heterocycles. The van der Waals surface area contributed by atoms with Crippen LogP contribution in [0.3, 0.4) is 0 Å². The predicted octanol–water partition coefficient (Wildman–Crippen LogP) is 2.27. The van der Waals surface area contributed by atoms with E-state index in [1.165, 1.54) is 11.9 Å². The molecule has 1 fully saturated rings. The topological polar surface area (TPSA) is 71.3 Å². The van der Waals surface area contributed by atoms with Crippen LogP contribution in [0.4, 0.5) is 13.2 Å². The van der Waals surface area contributed by atoms with Crippen LogP contribution in [0.5, 0.6) is 0 Å². The Morgan fingerprint density at radius 1 is 1.38 bits per heavy atom. The minimum Gasteiger partial charge on any atom is -0.425 e. The number of carbonyl (C=O) groups excluding carboxylic acids is 1. The van der Waals surface area contributed by atoms with Gasteiger partial charge in [0.2, 0.25) is 17.7 Å². The number of halogens is 3. The van der Waals surface area contributed by atoms with Crippen LogP contribution in [0.25, 0.3) is 0 Å². The fraction of sp³-hybridized carbons (Fsp3) is 0.800. The first-order valence-corrected chi connectivity index (χ1v) is 8.05. The molecule has 2 rings (SSSR count). The monoisotopic (exact) mass is 348 g/mol. The average Bonchev–Trinajstić information content (AvgIpc) is 2.93. The molecule has 0 spiro atoms. The lowest BCUT2D eigenvalue weighted by molar-refractivity contribution is -0.188. The van der Waals surface area contributed by atoms with Crippen LogP contribution in [0.2, 0.25) is 0 Å². The first kappa shape index (κ1) is 18.7. The second kappa shape index (κ2) is 7.50. The molecule has 24 heavy (non-hydrogen) atoms. The number of piperidine rings is 1. The van der Waals surface area contributed by atoms with Gasteiger partial charge in [0.15, 0.2) is 0 Å². The van der Waals surface area contributed by atoms with E-state index < -0.39 is 12.2 Å². The summed E-state index contributed by atoms with van der Waals surface area (Å²) in [6.45, 7) is 4.05. The first-order chi connectivity index (χ1) is 11.2. The summed E-state index contributed by atoms with van der Waals surface area (Å²) in [6.07, 6.45) is -3.43. The zero-order chi connectivity index (χ0) is 17.9. The minimum atomic E-state index is -4.23. The third kappa shape index (κ3) is 4.93. The molecule has 0 aromatic carbocycles. The molecule has 1 saturated heterocycles. The van der Waals surface area contributed by atoms with Crippen LogP contribution < -0.4 is 5.32 Å². The normalized spacial score (nSPS) is 22.8. The van der Waals surface area contributed by atoms with E-state index in [4.69, 9.17) is 4.42 Å². The van der Waals surface area contributed by atoms with Gasteiger partial charge in [-0.15, -0.1) is 10.2 Å². The van der Waals surface area contributed by atoms with Crippen molar-refractivity contribution in [3.8, 4) is 0 Å². The number of likely N-dealkylation sites (N-methyl/N-ethyl adjacent to an activating group) is 1. The quantitative estimate of drug-likeness (QED) is 0.884. The van der Waals surface area contributed by atoms with Crippen molar-refractivity contribution in [1.29, 1.82) is 0 Å². The number of nitrogens with one attached hydrogen (secondary N) is 1. The molecule has 0 bridgehead atoms. The first-order valence-electron chi connectivity index (χ1n) is 8.05. The van der Waals surface area contributed by atoms with E-state index in [0.717, 1.165) is 0 Å². The SMILES string of the molecule is CC(C)c1nnc(CCC(=O)N[C@@H]2CC[C@H](C(F)(F)F)N(C)C2)o1. The van der Waals surface area contributed by atoms with E-state index in [-0.39, 0.29) is 37.3 Å². The Hall–Kier alpha value is -1.64. The fourth-order valence-electron chi connectivity index (χ4n) is 2.80. The molecule has 1 N–H and O–H groups in total. The van der Waals surface area contributed by atoms with E-state index >= 15 is 0 Å². The van der Waals surface area contributed by atoms with Crippen LogP contribution in [0, 0.1) is 0 Å². The third-order valence-electron chi connectivity index (χ3n) is 4.11. The lowest BCUT2D eigenvalue weighted by Gasteiger charge is -2.38. The Balaban J connectivity index is 1.77. The lowest BCUT2D eigenvalue weighted by atomic mass is 9.98. The van der Waals surface area contributed by atoms with Gasteiger partial charge in [-0.2, -0.15) is 13.2 Å². The van der Waals surface area contributed by atoms with Crippen molar-refractivity contribution in [3.63, 3.8) is 0 Å². The highest BCUT2D eigenvalue weighted by molar-refractivity contribution is 5.76. The smallest absolute Gasteiger partial charge is 0.404 e. The maximum Gasteiger partial charge on any atom is 0.404 e. The third-order valence-corrected chi connectivity index (χ3v) is 4.11. The number of aromatic nitrogens is 2. The van der Waals surface area contributed by atoms with Crippen molar-refractivity contribution in [2.75, 3.05) is 13.6 Å². The number of hydrogen-bond acceptors (Lipinski definition) is 5. The molecule has 2 atom stereocenters. The lowest BCUT2D eigenvalue weighted by Crippen LogP contribution is -2.54. The van der Waals surface area contributed by atoms with Crippen molar-refractivity contribution >= 4 is 5.91 Å². The predicted molar refractivity (Wildman–Crippen MR) is 80.3 cm³/mol. The number of rotatable bonds is 5. The van der Waals surface area contributed by atoms with Gasteiger partial charge in [0.05, 0.1) is 0 Å². The van der Waals surface area contributed by atoms with Crippen molar-refractivity contribution in [2.45, 2.75) is 63.7 Å². The Bertz CT molecular complexity index is 559. The number of likely N-dealkylation sites (tertiary alicyclic amines) is 1. The van der Waals surface area contributed by atoms with E-state index in [0.29, 0.717) is 24.6 Å². The zero-order valence-corrected chi connectivity index (χ0v) is 14.1. The van der Waals surface area contributed by atoms with Gasteiger partial charge in [0, 0.05) is 31.3 Å². The number of amides is 1. The maximum atomic E-state index is 12.8. The van der Waals surface area contributed by atoms with Crippen LogP contribution in [0.15, 0.2) is 4.42 Å². The highest BCUT2D eigenvalue weighted by Crippen LogP contribution is 2.30. The summed E-state index contributed by atoms with van der Waals surface area (Å²) in [5.74, 6) is 0.826. The van der Waals surface area contributed by atoms with E-state index in [2.05, 4.69) is 15.5 Å². The summed E-state index contributed by atoms with van der Waals surface area (Å²) in [6, 6.07) is -1.70. The molecule has 1 aromatic rings. The van der Waals surface area contributed by atoms with Crippen molar-refractivity contribution in [1.82, 2.24) is 20.4 Å². The Morgan fingerprint density at radius 3 is 2.62 bits per heavy atom. The standard InChI is InChI=1S/C15H23F3N4O2/c1-9(2)14-21-20-13(24-14)7-6-12(23)19-10-4-5-11(15(16,17)18)22(3)8-10/h9-11H,4-8H2,1-3H3,(H,19,23)/t10-,11-/m1/s1. The Kier molecular flexibility index (Phi) is 5.84. The molecule has 1 aliphatic rings. The highest BCUT2D eigenvalue weighted by atomic mass is 19.4. The molecular weight excluding hydrogens is 325 g/mol. The molecule has 9 heteroatoms. The zero-order valence-electron chi connectivity index (χ0n) is 14.1. The van der Waals surface area contributed by atoms with E-state index in [9.17, 15) is 18.0 Å². The van der Waals surface area contributed by atoms with Gasteiger partial charge >= 0.3 is 6.18 Å². The molecule has 6 nitrogen and oxygen atoms in total. The van der Waals surface area contributed by atoms with Gasteiger partial charge < -0.3 is 9.73 Å². The van der Waals surface area contributed by atoms with Gasteiger partial charge in [-0.3, -0.25) is 9.69 Å². The molecule has 0 saturated carbocycles. The Morgan fingerprint density at radius 2 is 2.08 bits per heavy atom. The minimum absolute atomic E-state index is 0.00758. The van der Waals surface area contributed by atoms with Crippen LogP contribution in [-0.2, 0) is 11.2 Å². The highest BCUT2D eigenvalue weighted by Gasteiger charge is 2.44. The second-order valence-corrected chi connectivity index (χ2v) is 6.53. The molecule has 1 amide bonds. The molecule has 0 aliphatic carbocycles. The van der Waals surface area contributed by atoms with Crippen LogP contribution >= 0.6 is 0 Å². The van der Waals surface area contributed by atoms with Crippen LogP contribution in [-0.4, -0.2) is 52.9 Å².